The van der Waals surface area contributed by atoms with Crippen LogP contribution >= 0.6 is 0 Å². The molecule has 0 aliphatic carbocycles. The summed E-state index contributed by atoms with van der Waals surface area (Å²) in [5, 5.41) is 7.68. The van der Waals surface area contributed by atoms with Crippen molar-refractivity contribution in [3.63, 3.8) is 0 Å². The van der Waals surface area contributed by atoms with Crippen molar-refractivity contribution in [3.05, 3.63) is 54.5 Å². The number of pyridine rings is 1. The van der Waals surface area contributed by atoms with Crippen molar-refractivity contribution in [1.82, 2.24) is 14.8 Å². The molecule has 3 aromatic rings. The van der Waals surface area contributed by atoms with E-state index in [1.54, 1.807) is 10.9 Å². The Balaban J connectivity index is 1.59. The Morgan fingerprint density at radius 3 is 2.97 bits per heavy atom. The number of carbonyl (C=O) groups is 1. The molecule has 148 valence electrons. The van der Waals surface area contributed by atoms with Crippen LogP contribution in [0.25, 0.3) is 11.1 Å². The van der Waals surface area contributed by atoms with Gasteiger partial charge in [0.25, 0.3) is 5.91 Å². The molecular formula is C22H23N5O2. The summed E-state index contributed by atoms with van der Waals surface area (Å²) < 4.78 is 7.59. The summed E-state index contributed by atoms with van der Waals surface area (Å²) in [7, 11) is 1.90. The summed E-state index contributed by atoms with van der Waals surface area (Å²) in [6.07, 6.45) is 7.97. The summed E-state index contributed by atoms with van der Waals surface area (Å²) in [5.74, 6) is 0.788. The van der Waals surface area contributed by atoms with E-state index in [2.05, 4.69) is 15.4 Å². The van der Waals surface area contributed by atoms with Gasteiger partial charge >= 0.3 is 0 Å². The molecule has 2 aliphatic heterocycles. The maximum Gasteiger partial charge on any atom is 0.256 e. The molecule has 1 fully saturated rings. The molecule has 2 aromatic heterocycles. The van der Waals surface area contributed by atoms with Crippen LogP contribution in [0.4, 0.5) is 17.2 Å². The molecule has 1 N–H and O–H groups in total. The highest BCUT2D eigenvalue weighted by Gasteiger charge is 2.31. The van der Waals surface area contributed by atoms with Gasteiger partial charge in [0, 0.05) is 37.2 Å². The van der Waals surface area contributed by atoms with E-state index in [1.807, 2.05) is 54.7 Å². The van der Waals surface area contributed by atoms with E-state index < -0.39 is 6.10 Å². The molecule has 1 amide bonds. The van der Waals surface area contributed by atoms with Crippen molar-refractivity contribution < 1.29 is 9.53 Å². The average Bonchev–Trinajstić information content (AvgIpc) is 3.12. The molecule has 5 rings (SSSR count). The molecule has 0 radical (unpaired) electrons. The predicted molar refractivity (Wildman–Crippen MR) is 111 cm³/mol. The minimum absolute atomic E-state index is 0.00721. The predicted octanol–water partition coefficient (Wildman–Crippen LogP) is 3.64. The zero-order valence-electron chi connectivity index (χ0n) is 16.3. The molecule has 1 aromatic carbocycles. The van der Waals surface area contributed by atoms with Gasteiger partial charge < -0.3 is 15.0 Å². The van der Waals surface area contributed by atoms with Crippen LogP contribution in [0.1, 0.15) is 24.8 Å². The van der Waals surface area contributed by atoms with Crippen LogP contribution in [0.15, 0.2) is 48.9 Å². The molecule has 7 heteroatoms. The summed E-state index contributed by atoms with van der Waals surface area (Å²) in [6.45, 7) is 1.10. The molecule has 0 unspecified atom stereocenters. The highest BCUT2D eigenvalue weighted by molar-refractivity contribution is 6.01. The highest BCUT2D eigenvalue weighted by atomic mass is 16.5. The lowest BCUT2D eigenvalue weighted by Gasteiger charge is -2.29. The van der Waals surface area contributed by atoms with Crippen LogP contribution in [-0.4, -0.2) is 33.4 Å². The Morgan fingerprint density at radius 1 is 1.24 bits per heavy atom. The van der Waals surface area contributed by atoms with E-state index >= 15 is 0 Å². The maximum atomic E-state index is 13.5. The van der Waals surface area contributed by atoms with Gasteiger partial charge in [0.2, 0.25) is 0 Å². The van der Waals surface area contributed by atoms with E-state index in [0.29, 0.717) is 13.2 Å². The van der Waals surface area contributed by atoms with Gasteiger partial charge in [0.15, 0.2) is 0 Å². The molecule has 1 saturated heterocycles. The number of amides is 1. The van der Waals surface area contributed by atoms with Crippen molar-refractivity contribution in [2.45, 2.75) is 31.9 Å². The molecule has 0 spiro atoms. The number of hydrogen-bond acceptors (Lipinski definition) is 5. The van der Waals surface area contributed by atoms with E-state index in [-0.39, 0.29) is 5.91 Å². The van der Waals surface area contributed by atoms with Crippen molar-refractivity contribution >= 4 is 23.1 Å². The Kier molecular flexibility index (Phi) is 4.52. The van der Waals surface area contributed by atoms with Crippen LogP contribution in [0, 0.1) is 0 Å². The SMILES string of the molecule is Cn1cc(-c2ccc3c(c2)N(C(=O)[C@H]2CCCCO2)Cc2cccnc2N3)cn1. The first kappa shape index (κ1) is 17.9. The van der Waals surface area contributed by atoms with Gasteiger partial charge in [-0.2, -0.15) is 5.10 Å². The molecule has 0 bridgehead atoms. The molecule has 4 heterocycles. The average molecular weight is 389 g/mol. The van der Waals surface area contributed by atoms with Crippen LogP contribution in [0.2, 0.25) is 0 Å². The Bertz CT molecular complexity index is 1050. The maximum absolute atomic E-state index is 13.5. The number of ether oxygens (including phenoxy) is 1. The molecule has 2 aliphatic rings. The van der Waals surface area contributed by atoms with Crippen LogP contribution < -0.4 is 10.2 Å². The van der Waals surface area contributed by atoms with Gasteiger partial charge in [-0.05, 0) is 43.0 Å². The molecule has 29 heavy (non-hydrogen) atoms. The van der Waals surface area contributed by atoms with E-state index in [1.165, 1.54) is 0 Å². The second-order valence-corrected chi connectivity index (χ2v) is 7.55. The zero-order chi connectivity index (χ0) is 19.8. The first-order valence-electron chi connectivity index (χ1n) is 9.96. The second-order valence-electron chi connectivity index (χ2n) is 7.55. The third kappa shape index (κ3) is 3.38. The minimum atomic E-state index is -0.392. The van der Waals surface area contributed by atoms with Crippen molar-refractivity contribution in [3.8, 4) is 11.1 Å². The number of aromatic nitrogens is 3. The normalized spacial score (nSPS) is 18.4. The fourth-order valence-electron chi connectivity index (χ4n) is 3.98. The third-order valence-electron chi connectivity index (χ3n) is 5.52. The van der Waals surface area contributed by atoms with Crippen LogP contribution in [0.3, 0.4) is 0 Å². The minimum Gasteiger partial charge on any atom is -0.368 e. The van der Waals surface area contributed by atoms with Gasteiger partial charge in [-0.25, -0.2) is 4.98 Å². The number of anilines is 3. The lowest BCUT2D eigenvalue weighted by atomic mass is 10.0. The molecule has 0 saturated carbocycles. The first-order valence-corrected chi connectivity index (χ1v) is 9.96. The number of aryl methyl sites for hydroxylation is 1. The van der Waals surface area contributed by atoms with Gasteiger partial charge in [0.05, 0.1) is 24.1 Å². The number of rotatable bonds is 2. The smallest absolute Gasteiger partial charge is 0.256 e. The van der Waals surface area contributed by atoms with Crippen LogP contribution in [0.5, 0.6) is 0 Å². The quantitative estimate of drug-likeness (QED) is 0.724. The second kappa shape index (κ2) is 7.33. The number of nitrogens with zero attached hydrogens (tertiary/aromatic N) is 4. The number of hydrogen-bond donors (Lipinski definition) is 1. The number of fused-ring (bicyclic) bond motifs is 2. The number of nitrogens with one attached hydrogen (secondary N) is 1. The zero-order valence-corrected chi connectivity index (χ0v) is 16.3. The number of carbonyl (C=O) groups excluding carboxylic acids is 1. The van der Waals surface area contributed by atoms with Gasteiger partial charge in [-0.3, -0.25) is 9.48 Å². The van der Waals surface area contributed by atoms with Crippen molar-refractivity contribution in [2.24, 2.45) is 7.05 Å². The molecule has 7 nitrogen and oxygen atoms in total. The standard InChI is InChI=1S/C22H23N5O2/c1-26-13-17(12-24-26)15-7-8-18-19(11-15)27(22(28)20-6-2-3-10-29-20)14-16-5-4-9-23-21(16)25-18/h4-5,7-9,11-13,20H,2-3,6,10,14H2,1H3,(H,23,25)/t20-/m1/s1. The Morgan fingerprint density at radius 2 is 2.17 bits per heavy atom. The lowest BCUT2D eigenvalue weighted by Crippen LogP contribution is -2.41. The summed E-state index contributed by atoms with van der Waals surface area (Å²) >= 11 is 0. The van der Waals surface area contributed by atoms with E-state index in [9.17, 15) is 4.79 Å². The van der Waals surface area contributed by atoms with Crippen molar-refractivity contribution in [2.75, 3.05) is 16.8 Å². The van der Waals surface area contributed by atoms with E-state index in [0.717, 1.165) is 53.1 Å². The first-order chi connectivity index (χ1) is 14.2. The Labute approximate surface area is 169 Å². The van der Waals surface area contributed by atoms with Crippen LogP contribution in [-0.2, 0) is 23.1 Å². The monoisotopic (exact) mass is 389 g/mol. The fraction of sp³-hybridized carbons (Fsp3) is 0.318. The molecule has 1 atom stereocenters. The fourth-order valence-corrected chi connectivity index (χ4v) is 3.98. The van der Waals surface area contributed by atoms with Gasteiger partial charge in [-0.1, -0.05) is 12.1 Å². The topological polar surface area (TPSA) is 72.3 Å². The third-order valence-corrected chi connectivity index (χ3v) is 5.52. The summed E-state index contributed by atoms with van der Waals surface area (Å²) in [6, 6.07) is 9.99. The Hall–Kier alpha value is -3.19. The van der Waals surface area contributed by atoms with E-state index in [4.69, 9.17) is 4.74 Å². The molecular weight excluding hydrogens is 366 g/mol. The summed E-state index contributed by atoms with van der Waals surface area (Å²) in [4.78, 5) is 19.8. The van der Waals surface area contributed by atoms with Gasteiger partial charge in [0.1, 0.15) is 11.9 Å². The largest absolute Gasteiger partial charge is 0.368 e. The van der Waals surface area contributed by atoms with Gasteiger partial charge in [-0.15, -0.1) is 0 Å². The van der Waals surface area contributed by atoms with Crippen molar-refractivity contribution in [1.29, 1.82) is 0 Å². The number of benzene rings is 1. The summed E-state index contributed by atoms with van der Waals surface area (Å²) in [5.41, 5.74) is 4.70. The lowest BCUT2D eigenvalue weighted by molar-refractivity contribution is -0.132. The highest BCUT2D eigenvalue weighted by Crippen LogP contribution is 2.38.